The van der Waals surface area contributed by atoms with Gasteiger partial charge in [-0.15, -0.1) is 0 Å². The molecule has 0 aromatic carbocycles. The third-order valence-electron chi connectivity index (χ3n) is 10.5. The average Bonchev–Trinajstić information content (AvgIpc) is 3.16. The zero-order valence-electron chi connectivity index (χ0n) is 17.0. The lowest BCUT2D eigenvalue weighted by molar-refractivity contribution is -0.431. The second kappa shape index (κ2) is 4.90. The number of hydrogen-bond acceptors (Lipinski definition) is 9. The molecule has 8 rings (SSSR count). The highest BCUT2D eigenvalue weighted by atomic mass is 16.7. The second-order valence-corrected chi connectivity index (χ2v) is 10.9. The first-order chi connectivity index (χ1) is 14.2. The van der Waals surface area contributed by atoms with Gasteiger partial charge < -0.3 is 39.4 Å². The van der Waals surface area contributed by atoms with Gasteiger partial charge in [0, 0.05) is 37.9 Å². The van der Waals surface area contributed by atoms with Crippen LogP contribution in [0.25, 0.3) is 0 Å². The van der Waals surface area contributed by atoms with E-state index < -0.39 is 81.9 Å². The van der Waals surface area contributed by atoms with Crippen LogP contribution < -0.4 is 0 Å². The molecule has 8 aliphatic rings. The molecule has 5 aliphatic carbocycles. The first-order valence-corrected chi connectivity index (χ1v) is 10.9. The SMILES string of the molecule is COC[C@]12C(=O)O[C@@H]3[C@H]1[C@]14CC[C@H]2O[C@]1(O)[C@@H]3[C@@]1(O)C[C@H](OC)[C@@]2(O)C[C@@H]4[C@@H]1[C@H]2O. The van der Waals surface area contributed by atoms with Gasteiger partial charge in [-0.1, -0.05) is 0 Å². The van der Waals surface area contributed by atoms with E-state index in [9.17, 15) is 25.2 Å². The Hall–Kier alpha value is -0.810. The molecule has 0 amide bonds. The van der Waals surface area contributed by atoms with E-state index >= 15 is 0 Å². The van der Waals surface area contributed by atoms with Crippen LogP contribution >= 0.6 is 0 Å². The van der Waals surface area contributed by atoms with Crippen molar-refractivity contribution in [3.63, 3.8) is 0 Å². The lowest BCUT2D eigenvalue weighted by Gasteiger charge is -2.68. The molecule has 0 aromatic heterocycles. The van der Waals surface area contributed by atoms with E-state index in [-0.39, 0.29) is 19.4 Å². The van der Waals surface area contributed by atoms with Crippen LogP contribution in [-0.4, -0.2) is 88.6 Å². The summed E-state index contributed by atoms with van der Waals surface area (Å²) in [5.41, 5.74) is -5.07. The van der Waals surface area contributed by atoms with Crippen molar-refractivity contribution in [1.82, 2.24) is 0 Å². The van der Waals surface area contributed by atoms with Gasteiger partial charge >= 0.3 is 5.97 Å². The zero-order chi connectivity index (χ0) is 21.1. The van der Waals surface area contributed by atoms with Crippen molar-refractivity contribution in [2.24, 2.45) is 34.5 Å². The number of rotatable bonds is 3. The van der Waals surface area contributed by atoms with E-state index in [0.717, 1.165) is 0 Å². The summed E-state index contributed by atoms with van der Waals surface area (Å²) in [7, 11) is 2.98. The lowest BCUT2D eigenvalue weighted by Crippen LogP contribution is -2.79. The van der Waals surface area contributed by atoms with Gasteiger partial charge in [0.2, 0.25) is 0 Å². The predicted octanol–water partition coefficient (Wildman–Crippen LogP) is -1.45. The molecule has 7 bridgehead atoms. The van der Waals surface area contributed by atoms with Gasteiger partial charge in [-0.25, -0.2) is 0 Å². The average molecular weight is 424 g/mol. The maximum Gasteiger partial charge on any atom is 0.317 e. The molecule has 8 fully saturated rings. The molecular weight excluding hydrogens is 396 g/mol. The fraction of sp³-hybridized carbons (Fsp3) is 0.952. The summed E-state index contributed by atoms with van der Waals surface area (Å²) in [6, 6.07) is 0. The molecule has 166 valence electrons. The normalized spacial score (nSPS) is 68.4. The number of esters is 1. The molecule has 13 atom stereocenters. The standard InChI is InChI=1S/C21H28O9/c1-27-7-17-9-3-4-18-8-5-19(24)10(28-2)6-20(25,11(8)15(19)22)14(21(18,26)30-9)12(13(17)18)29-16(17)23/h8-15,22,24-26H,3-7H2,1-2H3/t8-,9-,10+,11-,12-,13-,14+,15-,17-,18-,19+,20-,21-/m1/s1. The molecule has 9 nitrogen and oxygen atoms in total. The Morgan fingerprint density at radius 3 is 2.60 bits per heavy atom. The number of carbonyl (C=O) groups excluding carboxylic acids is 1. The van der Waals surface area contributed by atoms with Gasteiger partial charge in [-0.2, -0.15) is 0 Å². The minimum atomic E-state index is -1.69. The van der Waals surface area contributed by atoms with Gasteiger partial charge in [0.15, 0.2) is 5.79 Å². The summed E-state index contributed by atoms with van der Waals surface area (Å²) in [4.78, 5) is 13.3. The molecule has 4 N–H and O–H groups in total. The Balaban J connectivity index is 1.52. The lowest BCUT2D eigenvalue weighted by atomic mass is 9.43. The van der Waals surface area contributed by atoms with Gasteiger partial charge in [0.25, 0.3) is 0 Å². The highest BCUT2D eigenvalue weighted by Crippen LogP contribution is 2.84. The molecule has 0 radical (unpaired) electrons. The number of methoxy groups -OCH3 is 2. The molecule has 3 aliphatic heterocycles. The molecule has 3 heterocycles. The Morgan fingerprint density at radius 1 is 1.13 bits per heavy atom. The fourth-order valence-corrected chi connectivity index (χ4v) is 9.92. The van der Waals surface area contributed by atoms with E-state index in [1.54, 1.807) is 0 Å². The van der Waals surface area contributed by atoms with Crippen molar-refractivity contribution < 1.29 is 44.2 Å². The number of ether oxygens (including phenoxy) is 4. The van der Waals surface area contributed by atoms with Crippen molar-refractivity contribution in [3.05, 3.63) is 0 Å². The van der Waals surface area contributed by atoms with Crippen molar-refractivity contribution in [2.75, 3.05) is 20.8 Å². The summed E-state index contributed by atoms with van der Waals surface area (Å²) < 4.78 is 23.3. The van der Waals surface area contributed by atoms with Crippen LogP contribution in [0.2, 0.25) is 0 Å². The number of carbonyl (C=O) groups is 1. The number of fused-ring (bicyclic) bond motifs is 4. The maximum atomic E-state index is 13.3. The molecule has 30 heavy (non-hydrogen) atoms. The van der Waals surface area contributed by atoms with Gasteiger partial charge in [-0.3, -0.25) is 4.79 Å². The monoisotopic (exact) mass is 424 g/mol. The van der Waals surface area contributed by atoms with Crippen LogP contribution in [0.15, 0.2) is 0 Å². The summed E-state index contributed by atoms with van der Waals surface area (Å²) in [6.45, 7) is 0.117. The number of aliphatic hydroxyl groups is 4. The molecule has 0 unspecified atom stereocenters. The number of hydrogen-bond donors (Lipinski definition) is 4. The van der Waals surface area contributed by atoms with Gasteiger partial charge in [0.1, 0.15) is 17.1 Å². The Kier molecular flexibility index (Phi) is 3.06. The third-order valence-corrected chi connectivity index (χ3v) is 10.5. The first-order valence-electron chi connectivity index (χ1n) is 10.9. The van der Waals surface area contributed by atoms with Crippen LogP contribution in [-0.2, 0) is 23.7 Å². The summed E-state index contributed by atoms with van der Waals surface area (Å²) in [5.74, 6) is -4.48. The minimum absolute atomic E-state index is 0.0351. The van der Waals surface area contributed by atoms with Gasteiger partial charge in [-0.05, 0) is 25.2 Å². The molecule has 5 saturated carbocycles. The van der Waals surface area contributed by atoms with Crippen LogP contribution in [0.5, 0.6) is 0 Å². The molecular formula is C21H28O9. The van der Waals surface area contributed by atoms with E-state index in [1.807, 2.05) is 0 Å². The zero-order valence-corrected chi connectivity index (χ0v) is 17.0. The summed E-state index contributed by atoms with van der Waals surface area (Å²) in [5, 5.41) is 46.9. The minimum Gasteiger partial charge on any atom is -0.461 e. The molecule has 3 saturated heterocycles. The van der Waals surface area contributed by atoms with Crippen molar-refractivity contribution in [2.45, 2.75) is 67.1 Å². The van der Waals surface area contributed by atoms with E-state index in [0.29, 0.717) is 12.8 Å². The molecule has 0 aromatic rings. The van der Waals surface area contributed by atoms with Crippen LogP contribution in [0.3, 0.4) is 0 Å². The Morgan fingerprint density at radius 2 is 1.90 bits per heavy atom. The van der Waals surface area contributed by atoms with Crippen LogP contribution in [0, 0.1) is 34.5 Å². The maximum absolute atomic E-state index is 13.3. The van der Waals surface area contributed by atoms with Crippen LogP contribution in [0.1, 0.15) is 25.7 Å². The summed E-state index contributed by atoms with van der Waals surface area (Å²) in [6.07, 6.45) is -1.92. The first kappa shape index (κ1) is 18.7. The molecule has 1 spiro atoms. The second-order valence-electron chi connectivity index (χ2n) is 10.9. The van der Waals surface area contributed by atoms with Crippen molar-refractivity contribution in [1.29, 1.82) is 0 Å². The third kappa shape index (κ3) is 1.41. The van der Waals surface area contributed by atoms with Gasteiger partial charge in [0.05, 0.1) is 36.4 Å². The molecule has 9 heteroatoms. The van der Waals surface area contributed by atoms with Crippen molar-refractivity contribution in [3.8, 4) is 0 Å². The fourth-order valence-electron chi connectivity index (χ4n) is 9.92. The Bertz CT molecular complexity index is 865. The highest BCUT2D eigenvalue weighted by molar-refractivity contribution is 5.83. The Labute approximate surface area is 173 Å². The van der Waals surface area contributed by atoms with Crippen LogP contribution in [0.4, 0.5) is 0 Å². The predicted molar refractivity (Wildman–Crippen MR) is 95.6 cm³/mol. The smallest absolute Gasteiger partial charge is 0.317 e. The number of aliphatic hydroxyl groups excluding tert-OH is 1. The topological polar surface area (TPSA) is 135 Å². The van der Waals surface area contributed by atoms with E-state index in [4.69, 9.17) is 18.9 Å². The van der Waals surface area contributed by atoms with Crippen molar-refractivity contribution >= 4 is 5.97 Å². The van der Waals surface area contributed by atoms with E-state index in [1.165, 1.54) is 14.2 Å². The van der Waals surface area contributed by atoms with E-state index in [2.05, 4.69) is 0 Å². The summed E-state index contributed by atoms with van der Waals surface area (Å²) >= 11 is 0. The quantitative estimate of drug-likeness (QED) is 0.401. The largest absolute Gasteiger partial charge is 0.461 e. The highest BCUT2D eigenvalue weighted by Gasteiger charge is 2.95.